The van der Waals surface area contributed by atoms with Crippen LogP contribution in [0, 0.1) is 5.82 Å². The lowest BCUT2D eigenvalue weighted by Crippen LogP contribution is -2.46. The van der Waals surface area contributed by atoms with Gasteiger partial charge in [-0.1, -0.05) is 5.16 Å². The number of hydrogen-bond acceptors (Lipinski definition) is 6. The molecule has 0 fully saturated rings. The van der Waals surface area contributed by atoms with E-state index in [1.54, 1.807) is 0 Å². The first-order valence-corrected chi connectivity index (χ1v) is 9.72. The van der Waals surface area contributed by atoms with Gasteiger partial charge in [-0.2, -0.15) is 18.2 Å². The largest absolute Gasteiger partial charge is 0.424 e. The normalized spacial score (nSPS) is 13.7. The lowest BCUT2D eigenvalue weighted by atomic mass is 9.97. The van der Waals surface area contributed by atoms with Crippen molar-refractivity contribution < 1.29 is 32.0 Å². The van der Waals surface area contributed by atoms with Crippen LogP contribution in [0.4, 0.5) is 17.6 Å². The fourth-order valence-corrected chi connectivity index (χ4v) is 3.09. The highest BCUT2D eigenvalue weighted by atomic mass is 19.4. The first-order valence-electron chi connectivity index (χ1n) is 9.72. The predicted octanol–water partition coefficient (Wildman–Crippen LogP) is 2.89. The van der Waals surface area contributed by atoms with E-state index >= 15 is 0 Å². The van der Waals surface area contributed by atoms with E-state index in [0.29, 0.717) is 12.0 Å². The highest BCUT2D eigenvalue weighted by molar-refractivity contribution is 5.75. The van der Waals surface area contributed by atoms with Crippen molar-refractivity contribution in [2.24, 2.45) is 7.05 Å². The van der Waals surface area contributed by atoms with Crippen molar-refractivity contribution in [3.05, 3.63) is 54.2 Å². The lowest BCUT2D eigenvalue weighted by Gasteiger charge is -2.29. The van der Waals surface area contributed by atoms with Crippen LogP contribution >= 0.6 is 0 Å². The number of aryl methyl sites for hydroxylation is 2. The molecule has 1 aromatic carbocycles. The molecule has 2 N–H and O–H groups in total. The standard InChI is InChI=1S/C20H21F4N5O3/c1-29-12-11-26-18(29)19(31,20(22,23)24)9-10-25-15(30)3-2-4-16-27-17(28-32-16)13-5-7-14(21)8-6-13/h5-8,11-12,31H,2-4,9-10H2,1H3,(H,25,30). The Hall–Kier alpha value is -3.28. The molecule has 0 spiro atoms. The smallest absolute Gasteiger partial charge is 0.374 e. The number of hydrogen-bond donors (Lipinski definition) is 2. The second-order valence-corrected chi connectivity index (χ2v) is 7.19. The molecule has 1 atom stereocenters. The van der Waals surface area contributed by atoms with Crippen molar-refractivity contribution in [1.29, 1.82) is 0 Å². The summed E-state index contributed by atoms with van der Waals surface area (Å²) in [6.45, 7) is -0.392. The minimum atomic E-state index is -4.96. The number of aromatic nitrogens is 4. The van der Waals surface area contributed by atoms with Crippen LogP contribution in [0.3, 0.4) is 0 Å². The number of alkyl halides is 3. The molecule has 0 radical (unpaired) electrons. The number of amides is 1. The molecule has 32 heavy (non-hydrogen) atoms. The van der Waals surface area contributed by atoms with Gasteiger partial charge in [0.2, 0.25) is 23.2 Å². The summed E-state index contributed by atoms with van der Waals surface area (Å²) in [5, 5.41) is 16.4. The summed E-state index contributed by atoms with van der Waals surface area (Å²) in [5.74, 6) is -0.860. The first kappa shape index (κ1) is 23.4. The van der Waals surface area contributed by atoms with E-state index in [4.69, 9.17) is 4.52 Å². The van der Waals surface area contributed by atoms with E-state index in [2.05, 4.69) is 20.4 Å². The van der Waals surface area contributed by atoms with Gasteiger partial charge in [-0.25, -0.2) is 9.37 Å². The van der Waals surface area contributed by atoms with Gasteiger partial charge in [-0.15, -0.1) is 0 Å². The van der Waals surface area contributed by atoms with E-state index in [9.17, 15) is 27.5 Å². The second-order valence-electron chi connectivity index (χ2n) is 7.19. The topological polar surface area (TPSA) is 106 Å². The summed E-state index contributed by atoms with van der Waals surface area (Å²) in [4.78, 5) is 19.8. The van der Waals surface area contributed by atoms with Gasteiger partial charge in [0, 0.05) is 50.8 Å². The van der Waals surface area contributed by atoms with Crippen LogP contribution in [-0.2, 0) is 23.9 Å². The van der Waals surface area contributed by atoms with E-state index in [1.807, 2.05) is 0 Å². The van der Waals surface area contributed by atoms with Crippen molar-refractivity contribution in [1.82, 2.24) is 25.0 Å². The molecule has 1 unspecified atom stereocenters. The van der Waals surface area contributed by atoms with E-state index in [-0.39, 0.29) is 24.6 Å². The van der Waals surface area contributed by atoms with E-state index in [1.165, 1.54) is 37.5 Å². The quantitative estimate of drug-likeness (QED) is 0.481. The van der Waals surface area contributed by atoms with Gasteiger partial charge in [-0.3, -0.25) is 4.79 Å². The molecule has 0 aliphatic carbocycles. The number of aliphatic hydroxyl groups is 1. The van der Waals surface area contributed by atoms with Crippen molar-refractivity contribution in [2.75, 3.05) is 6.54 Å². The fourth-order valence-electron chi connectivity index (χ4n) is 3.09. The zero-order valence-electron chi connectivity index (χ0n) is 17.1. The van der Waals surface area contributed by atoms with Crippen molar-refractivity contribution in [3.63, 3.8) is 0 Å². The minimum Gasteiger partial charge on any atom is -0.374 e. The van der Waals surface area contributed by atoms with Crippen LogP contribution < -0.4 is 5.32 Å². The Kier molecular flexibility index (Phi) is 6.92. The first-order chi connectivity index (χ1) is 15.1. The van der Waals surface area contributed by atoms with E-state index in [0.717, 1.165) is 10.8 Å². The van der Waals surface area contributed by atoms with Crippen LogP contribution in [0.5, 0.6) is 0 Å². The third kappa shape index (κ3) is 5.31. The Bertz CT molecular complexity index is 1050. The third-order valence-electron chi connectivity index (χ3n) is 4.83. The highest BCUT2D eigenvalue weighted by Gasteiger charge is 2.57. The van der Waals surface area contributed by atoms with Gasteiger partial charge >= 0.3 is 6.18 Å². The average Bonchev–Trinajstić information content (AvgIpc) is 3.37. The minimum absolute atomic E-state index is 0.0150. The summed E-state index contributed by atoms with van der Waals surface area (Å²) in [6, 6.07) is 5.54. The second kappa shape index (κ2) is 9.47. The van der Waals surface area contributed by atoms with E-state index < -0.39 is 42.3 Å². The number of halogens is 4. The molecule has 0 saturated carbocycles. The van der Waals surface area contributed by atoms with Crippen molar-refractivity contribution in [2.45, 2.75) is 37.5 Å². The van der Waals surface area contributed by atoms with Gasteiger partial charge in [0.15, 0.2) is 0 Å². The molecule has 0 aliphatic rings. The number of nitrogens with zero attached hydrogens (tertiary/aromatic N) is 4. The molecular formula is C20H21F4N5O3. The van der Waals surface area contributed by atoms with Gasteiger partial charge in [0.25, 0.3) is 0 Å². The van der Waals surface area contributed by atoms with Gasteiger partial charge in [0.1, 0.15) is 11.6 Å². The molecule has 2 heterocycles. The van der Waals surface area contributed by atoms with Crippen LogP contribution in [0.15, 0.2) is 41.2 Å². The van der Waals surface area contributed by atoms with Crippen molar-refractivity contribution in [3.8, 4) is 11.4 Å². The van der Waals surface area contributed by atoms with Crippen LogP contribution in [0.25, 0.3) is 11.4 Å². The number of carbonyl (C=O) groups excluding carboxylic acids is 1. The zero-order valence-corrected chi connectivity index (χ0v) is 17.1. The molecule has 12 heteroatoms. The summed E-state index contributed by atoms with van der Waals surface area (Å²) < 4.78 is 59.5. The van der Waals surface area contributed by atoms with Crippen LogP contribution in [-0.4, -0.2) is 43.4 Å². The molecule has 3 rings (SSSR count). The number of imidazole rings is 1. The molecular weight excluding hydrogens is 434 g/mol. The lowest BCUT2D eigenvalue weighted by molar-refractivity contribution is -0.272. The molecule has 2 aromatic heterocycles. The Morgan fingerprint density at radius 1 is 1.25 bits per heavy atom. The molecule has 0 bridgehead atoms. The molecule has 0 saturated heterocycles. The number of rotatable bonds is 9. The average molecular weight is 455 g/mol. The van der Waals surface area contributed by atoms with Crippen LogP contribution in [0.2, 0.25) is 0 Å². The Labute approximate surface area is 180 Å². The monoisotopic (exact) mass is 455 g/mol. The molecule has 3 aromatic rings. The van der Waals surface area contributed by atoms with Gasteiger partial charge in [-0.05, 0) is 30.7 Å². The van der Waals surface area contributed by atoms with Crippen molar-refractivity contribution >= 4 is 5.91 Å². The molecule has 0 aliphatic heterocycles. The SMILES string of the molecule is Cn1ccnc1C(O)(CCNC(=O)CCCc1nc(-c2ccc(F)cc2)no1)C(F)(F)F. The zero-order chi connectivity index (χ0) is 23.4. The predicted molar refractivity (Wildman–Crippen MR) is 103 cm³/mol. The van der Waals surface area contributed by atoms with Gasteiger partial charge < -0.3 is 19.5 Å². The van der Waals surface area contributed by atoms with Gasteiger partial charge in [0.05, 0.1) is 0 Å². The Morgan fingerprint density at radius 2 is 1.97 bits per heavy atom. The number of benzene rings is 1. The third-order valence-corrected chi connectivity index (χ3v) is 4.83. The summed E-state index contributed by atoms with van der Waals surface area (Å²) in [5.41, 5.74) is -2.61. The Balaban J connectivity index is 1.46. The Morgan fingerprint density at radius 3 is 2.59 bits per heavy atom. The number of carbonyl (C=O) groups is 1. The summed E-state index contributed by atoms with van der Waals surface area (Å²) >= 11 is 0. The summed E-state index contributed by atoms with van der Waals surface area (Å²) in [7, 11) is 1.34. The maximum Gasteiger partial charge on any atom is 0.424 e. The molecule has 172 valence electrons. The molecule has 8 nitrogen and oxygen atoms in total. The number of nitrogens with one attached hydrogen (secondary N) is 1. The maximum atomic E-state index is 13.4. The molecule has 1 amide bonds. The fraction of sp³-hybridized carbons (Fsp3) is 0.400. The van der Waals surface area contributed by atoms with Crippen LogP contribution in [0.1, 0.15) is 31.0 Å². The highest BCUT2D eigenvalue weighted by Crippen LogP contribution is 2.40. The summed E-state index contributed by atoms with van der Waals surface area (Å²) in [6.07, 6.45) is -2.68. The maximum absolute atomic E-state index is 13.4.